The fourth-order valence-corrected chi connectivity index (χ4v) is 1.84. The smallest absolute Gasteiger partial charge is 0.333 e. The number of urea groups is 1. The van der Waals surface area contributed by atoms with Crippen molar-refractivity contribution in [1.29, 1.82) is 0 Å². The van der Waals surface area contributed by atoms with Crippen molar-refractivity contribution < 1.29 is 24.3 Å². The highest BCUT2D eigenvalue weighted by Gasteiger charge is 2.43. The standard InChI is InChI=1S/C11H16N2O5/c1-3-6-13-10(17)7(4-5-8(14)15)9(16)12(2)11(13)18/h7H,3-6H2,1-2H3,(H,14,15). The molecule has 1 saturated heterocycles. The van der Waals surface area contributed by atoms with Crippen molar-refractivity contribution in [1.82, 2.24) is 9.80 Å². The molecule has 4 amide bonds. The molecule has 0 aromatic carbocycles. The van der Waals surface area contributed by atoms with E-state index < -0.39 is 29.7 Å². The minimum atomic E-state index is -1.07. The van der Waals surface area contributed by atoms with Crippen LogP contribution >= 0.6 is 0 Å². The predicted molar refractivity (Wildman–Crippen MR) is 60.5 cm³/mol. The summed E-state index contributed by atoms with van der Waals surface area (Å²) < 4.78 is 0. The Hall–Kier alpha value is -1.92. The minimum absolute atomic E-state index is 0.0785. The van der Waals surface area contributed by atoms with Gasteiger partial charge in [0.2, 0.25) is 11.8 Å². The van der Waals surface area contributed by atoms with Gasteiger partial charge in [-0.1, -0.05) is 6.92 Å². The van der Waals surface area contributed by atoms with E-state index in [-0.39, 0.29) is 19.4 Å². The van der Waals surface area contributed by atoms with E-state index in [1.807, 2.05) is 6.92 Å². The molecular weight excluding hydrogens is 240 g/mol. The summed E-state index contributed by atoms with van der Waals surface area (Å²) in [6.45, 7) is 2.04. The van der Waals surface area contributed by atoms with Crippen molar-refractivity contribution >= 4 is 23.8 Å². The Kier molecular flexibility index (Phi) is 4.41. The van der Waals surface area contributed by atoms with Gasteiger partial charge in [-0.15, -0.1) is 0 Å². The summed E-state index contributed by atoms with van der Waals surface area (Å²) in [5.41, 5.74) is 0. The molecule has 1 rings (SSSR count). The molecular formula is C11H16N2O5. The van der Waals surface area contributed by atoms with E-state index in [2.05, 4.69) is 0 Å². The van der Waals surface area contributed by atoms with E-state index in [0.717, 1.165) is 9.80 Å². The zero-order chi connectivity index (χ0) is 13.9. The van der Waals surface area contributed by atoms with Crippen LogP contribution in [0, 0.1) is 5.92 Å². The first-order valence-electron chi connectivity index (χ1n) is 5.74. The number of aliphatic carboxylic acids is 1. The zero-order valence-corrected chi connectivity index (χ0v) is 10.4. The van der Waals surface area contributed by atoms with Crippen molar-refractivity contribution in [2.45, 2.75) is 26.2 Å². The molecule has 0 aliphatic carbocycles. The van der Waals surface area contributed by atoms with Crippen LogP contribution in [0.3, 0.4) is 0 Å². The van der Waals surface area contributed by atoms with Gasteiger partial charge in [0.1, 0.15) is 5.92 Å². The van der Waals surface area contributed by atoms with Gasteiger partial charge >= 0.3 is 12.0 Å². The lowest BCUT2D eigenvalue weighted by molar-refractivity contribution is -0.149. The van der Waals surface area contributed by atoms with Crippen LogP contribution in [0.25, 0.3) is 0 Å². The number of amides is 4. The normalized spacial score (nSPS) is 20.6. The maximum absolute atomic E-state index is 12.0. The van der Waals surface area contributed by atoms with Crippen LogP contribution in [0.2, 0.25) is 0 Å². The van der Waals surface area contributed by atoms with Crippen molar-refractivity contribution in [2.24, 2.45) is 5.92 Å². The molecule has 1 heterocycles. The number of imide groups is 2. The Balaban J connectivity index is 2.88. The monoisotopic (exact) mass is 256 g/mol. The van der Waals surface area contributed by atoms with Gasteiger partial charge in [0.15, 0.2) is 0 Å². The molecule has 0 spiro atoms. The molecule has 0 aromatic rings. The van der Waals surface area contributed by atoms with Gasteiger partial charge in [-0.3, -0.25) is 24.2 Å². The number of rotatable bonds is 5. The third-order valence-electron chi connectivity index (χ3n) is 2.80. The summed E-state index contributed by atoms with van der Waals surface area (Å²) in [6.07, 6.45) is 0.236. The maximum atomic E-state index is 12.0. The van der Waals surface area contributed by atoms with Gasteiger partial charge in [0, 0.05) is 20.0 Å². The number of barbiturate groups is 1. The second-order valence-corrected chi connectivity index (χ2v) is 4.15. The van der Waals surface area contributed by atoms with Crippen LogP contribution in [0.5, 0.6) is 0 Å². The molecule has 1 aliphatic heterocycles. The van der Waals surface area contributed by atoms with Gasteiger partial charge < -0.3 is 5.11 Å². The van der Waals surface area contributed by atoms with Crippen molar-refractivity contribution in [3.63, 3.8) is 0 Å². The van der Waals surface area contributed by atoms with Crippen LogP contribution in [0.4, 0.5) is 4.79 Å². The summed E-state index contributed by atoms with van der Waals surface area (Å²) in [7, 11) is 1.30. The molecule has 18 heavy (non-hydrogen) atoms. The van der Waals surface area contributed by atoms with Crippen LogP contribution in [0.1, 0.15) is 26.2 Å². The average molecular weight is 256 g/mol. The Bertz CT molecular complexity index is 393. The lowest BCUT2D eigenvalue weighted by atomic mass is 9.98. The summed E-state index contributed by atoms with van der Waals surface area (Å²) in [5.74, 6) is -3.35. The van der Waals surface area contributed by atoms with Crippen molar-refractivity contribution in [3.8, 4) is 0 Å². The molecule has 1 N–H and O–H groups in total. The van der Waals surface area contributed by atoms with Crippen LogP contribution in [-0.2, 0) is 14.4 Å². The molecule has 100 valence electrons. The van der Waals surface area contributed by atoms with Crippen LogP contribution in [0.15, 0.2) is 0 Å². The summed E-state index contributed by atoms with van der Waals surface area (Å²) in [6, 6.07) is -0.640. The van der Waals surface area contributed by atoms with Gasteiger partial charge in [-0.05, 0) is 12.8 Å². The summed E-state index contributed by atoms with van der Waals surface area (Å²) in [5, 5.41) is 8.59. The van der Waals surface area contributed by atoms with Crippen molar-refractivity contribution in [3.05, 3.63) is 0 Å². The molecule has 0 saturated carbocycles. The maximum Gasteiger partial charge on any atom is 0.333 e. The molecule has 0 bridgehead atoms. The zero-order valence-electron chi connectivity index (χ0n) is 10.4. The first-order chi connectivity index (χ1) is 8.40. The largest absolute Gasteiger partial charge is 0.481 e. The Morgan fingerprint density at radius 3 is 2.39 bits per heavy atom. The van der Waals surface area contributed by atoms with Crippen LogP contribution in [-0.4, -0.2) is 52.3 Å². The molecule has 1 aliphatic rings. The number of carbonyl (C=O) groups is 4. The summed E-state index contributed by atoms with van der Waals surface area (Å²) in [4.78, 5) is 47.8. The molecule has 1 unspecified atom stereocenters. The van der Waals surface area contributed by atoms with Gasteiger partial charge in [-0.2, -0.15) is 0 Å². The number of hydrogen-bond acceptors (Lipinski definition) is 4. The molecule has 7 heteroatoms. The van der Waals surface area contributed by atoms with E-state index in [9.17, 15) is 19.2 Å². The molecule has 1 atom stereocenters. The topological polar surface area (TPSA) is 95.0 Å². The third kappa shape index (κ3) is 2.66. The lowest BCUT2D eigenvalue weighted by Crippen LogP contribution is -2.58. The van der Waals surface area contributed by atoms with E-state index in [1.165, 1.54) is 7.05 Å². The van der Waals surface area contributed by atoms with Gasteiger partial charge in [0.25, 0.3) is 0 Å². The van der Waals surface area contributed by atoms with Crippen LogP contribution < -0.4 is 0 Å². The molecule has 7 nitrogen and oxygen atoms in total. The number of hydrogen-bond donors (Lipinski definition) is 1. The average Bonchev–Trinajstić information content (AvgIpc) is 2.31. The predicted octanol–water partition coefficient (Wildman–Crippen LogP) is 0.298. The first kappa shape index (κ1) is 14.1. The highest BCUT2D eigenvalue weighted by Crippen LogP contribution is 2.21. The molecule has 0 aromatic heterocycles. The highest BCUT2D eigenvalue weighted by molar-refractivity contribution is 6.15. The highest BCUT2D eigenvalue weighted by atomic mass is 16.4. The number of carboxylic acids is 1. The number of nitrogens with zero attached hydrogens (tertiary/aromatic N) is 2. The van der Waals surface area contributed by atoms with E-state index >= 15 is 0 Å². The first-order valence-corrected chi connectivity index (χ1v) is 5.74. The van der Waals surface area contributed by atoms with E-state index in [4.69, 9.17) is 5.11 Å². The SMILES string of the molecule is CCCN1C(=O)C(CCC(=O)O)C(=O)N(C)C1=O. The lowest BCUT2D eigenvalue weighted by Gasteiger charge is -2.34. The summed E-state index contributed by atoms with van der Waals surface area (Å²) >= 11 is 0. The minimum Gasteiger partial charge on any atom is -0.481 e. The van der Waals surface area contributed by atoms with E-state index in [1.54, 1.807) is 0 Å². The Labute approximate surface area is 104 Å². The Morgan fingerprint density at radius 2 is 1.89 bits per heavy atom. The number of carboxylic acid groups (broad SMARTS) is 1. The fraction of sp³-hybridized carbons (Fsp3) is 0.636. The third-order valence-corrected chi connectivity index (χ3v) is 2.80. The molecule has 0 radical (unpaired) electrons. The van der Waals surface area contributed by atoms with E-state index in [0.29, 0.717) is 6.42 Å². The second-order valence-electron chi connectivity index (χ2n) is 4.15. The fourth-order valence-electron chi connectivity index (χ4n) is 1.84. The van der Waals surface area contributed by atoms with Gasteiger partial charge in [0.05, 0.1) is 0 Å². The Morgan fingerprint density at radius 1 is 1.28 bits per heavy atom. The molecule has 1 fully saturated rings. The second kappa shape index (κ2) is 5.61. The van der Waals surface area contributed by atoms with Gasteiger partial charge in [-0.25, -0.2) is 4.79 Å². The van der Waals surface area contributed by atoms with Crippen molar-refractivity contribution in [2.75, 3.05) is 13.6 Å². The quantitative estimate of drug-likeness (QED) is 0.714. The number of carbonyl (C=O) groups excluding carboxylic acids is 3.